The van der Waals surface area contributed by atoms with Crippen LogP contribution in [0, 0.1) is 4.77 Å². The van der Waals surface area contributed by atoms with Crippen molar-refractivity contribution in [1.29, 1.82) is 0 Å². The van der Waals surface area contributed by atoms with Crippen LogP contribution in [0.15, 0.2) is 24.5 Å². The van der Waals surface area contributed by atoms with E-state index in [1.807, 2.05) is 23.0 Å². The van der Waals surface area contributed by atoms with Crippen LogP contribution in [0.25, 0.3) is 0 Å². The first kappa shape index (κ1) is 11.8. The number of nitrogens with zero attached hydrogens (tertiary/aromatic N) is 3. The van der Waals surface area contributed by atoms with Crippen LogP contribution in [-0.2, 0) is 13.0 Å². The predicted octanol–water partition coefficient (Wildman–Crippen LogP) is 2.03. The third kappa shape index (κ3) is 2.91. The Labute approximate surface area is 105 Å². The molecule has 0 saturated carbocycles. The second kappa shape index (κ2) is 5.58. The fourth-order valence-corrected chi connectivity index (χ4v) is 1.77. The number of hydrogen-bond acceptors (Lipinski definition) is 4. The van der Waals surface area contributed by atoms with E-state index < -0.39 is 0 Å². The highest BCUT2D eigenvalue weighted by Gasteiger charge is 2.04. The summed E-state index contributed by atoms with van der Waals surface area (Å²) in [5.74, 6) is 0.932. The lowest BCUT2D eigenvalue weighted by Crippen LogP contribution is -2.17. The Hall–Kier alpha value is -1.69. The number of rotatable bonds is 5. The third-order valence-corrected chi connectivity index (χ3v) is 2.65. The van der Waals surface area contributed by atoms with Crippen LogP contribution in [0.2, 0.25) is 0 Å². The molecule has 0 spiro atoms. The van der Waals surface area contributed by atoms with Gasteiger partial charge < -0.3 is 5.43 Å². The summed E-state index contributed by atoms with van der Waals surface area (Å²) in [6.45, 7) is 2.79. The fraction of sp³-hybridized carbons (Fsp3) is 0.364. The lowest BCUT2D eigenvalue weighted by atomic mass is 10.3. The molecule has 0 aromatic carbocycles. The Bertz CT molecular complexity index is 516. The molecule has 2 heterocycles. The van der Waals surface area contributed by atoms with Crippen molar-refractivity contribution in [2.45, 2.75) is 26.3 Å². The number of aryl methyl sites for hydroxylation is 1. The number of H-pyrrole nitrogens is 1. The second-order valence-electron chi connectivity index (χ2n) is 3.73. The van der Waals surface area contributed by atoms with Crippen LogP contribution in [0.5, 0.6) is 0 Å². The van der Waals surface area contributed by atoms with E-state index in [9.17, 15) is 0 Å². The number of nitrogens with one attached hydrogen (secondary N) is 2. The molecule has 2 aromatic heterocycles. The molecule has 2 rings (SSSR count). The van der Waals surface area contributed by atoms with Crippen molar-refractivity contribution < 1.29 is 0 Å². The van der Waals surface area contributed by atoms with Gasteiger partial charge in [-0.3, -0.25) is 10.1 Å². The lowest BCUT2D eigenvalue weighted by molar-refractivity contribution is 0.730. The van der Waals surface area contributed by atoms with Crippen molar-refractivity contribution in [3.8, 4) is 0 Å². The maximum absolute atomic E-state index is 5.17. The molecule has 0 aliphatic carbocycles. The first-order chi connectivity index (χ1) is 8.31. The summed E-state index contributed by atoms with van der Waals surface area (Å²) in [5, 5.41) is 6.98. The zero-order valence-corrected chi connectivity index (χ0v) is 10.5. The Kier molecular flexibility index (Phi) is 3.87. The van der Waals surface area contributed by atoms with Gasteiger partial charge in [-0.25, -0.2) is 4.68 Å². The molecule has 6 heteroatoms. The monoisotopic (exact) mass is 249 g/mol. The molecular formula is C11H15N5S. The molecule has 0 amide bonds. The van der Waals surface area contributed by atoms with Gasteiger partial charge >= 0.3 is 0 Å². The highest BCUT2D eigenvalue weighted by molar-refractivity contribution is 7.71. The van der Waals surface area contributed by atoms with Gasteiger partial charge in [0.15, 0.2) is 5.82 Å². The van der Waals surface area contributed by atoms with Crippen LogP contribution >= 0.6 is 12.2 Å². The lowest BCUT2D eigenvalue weighted by Gasteiger charge is -2.09. The first-order valence-corrected chi connectivity index (χ1v) is 6.01. The molecule has 5 nitrogen and oxygen atoms in total. The van der Waals surface area contributed by atoms with E-state index in [2.05, 4.69) is 27.5 Å². The molecule has 2 N–H and O–H groups in total. The van der Waals surface area contributed by atoms with Crippen LogP contribution in [0.1, 0.15) is 24.7 Å². The molecule has 0 bridgehead atoms. The van der Waals surface area contributed by atoms with Gasteiger partial charge in [0.05, 0.1) is 6.54 Å². The van der Waals surface area contributed by atoms with Crippen LogP contribution < -0.4 is 5.43 Å². The van der Waals surface area contributed by atoms with Crippen molar-refractivity contribution in [1.82, 2.24) is 19.9 Å². The molecule has 0 unspecified atom stereocenters. The van der Waals surface area contributed by atoms with E-state index in [1.165, 1.54) is 0 Å². The van der Waals surface area contributed by atoms with Crippen molar-refractivity contribution in [2.24, 2.45) is 0 Å². The Morgan fingerprint density at radius 2 is 2.41 bits per heavy atom. The van der Waals surface area contributed by atoms with Gasteiger partial charge in [0.2, 0.25) is 4.77 Å². The van der Waals surface area contributed by atoms with Gasteiger partial charge in [0, 0.05) is 18.8 Å². The van der Waals surface area contributed by atoms with Crippen molar-refractivity contribution in [3.63, 3.8) is 0 Å². The maximum atomic E-state index is 5.17. The predicted molar refractivity (Wildman–Crippen MR) is 68.7 cm³/mol. The average molecular weight is 249 g/mol. The van der Waals surface area contributed by atoms with E-state index >= 15 is 0 Å². The van der Waals surface area contributed by atoms with E-state index in [0.29, 0.717) is 11.3 Å². The van der Waals surface area contributed by atoms with E-state index in [4.69, 9.17) is 12.2 Å². The minimum Gasteiger partial charge on any atom is -0.318 e. The molecule has 0 atom stereocenters. The van der Waals surface area contributed by atoms with Gasteiger partial charge in [0.1, 0.15) is 0 Å². The van der Waals surface area contributed by atoms with Crippen molar-refractivity contribution in [2.75, 3.05) is 5.43 Å². The maximum Gasteiger partial charge on any atom is 0.214 e. The molecule has 90 valence electrons. The highest BCUT2D eigenvalue weighted by atomic mass is 32.1. The minimum absolute atomic E-state index is 0.595. The normalized spacial score (nSPS) is 10.4. The summed E-state index contributed by atoms with van der Waals surface area (Å²) < 4.78 is 2.42. The molecule has 0 saturated heterocycles. The van der Waals surface area contributed by atoms with E-state index in [0.717, 1.165) is 24.2 Å². The van der Waals surface area contributed by atoms with Crippen LogP contribution in [0.3, 0.4) is 0 Å². The first-order valence-electron chi connectivity index (χ1n) is 5.60. The molecular weight excluding hydrogens is 234 g/mol. The Morgan fingerprint density at radius 3 is 3.12 bits per heavy atom. The zero-order chi connectivity index (χ0) is 12.1. The molecule has 17 heavy (non-hydrogen) atoms. The Morgan fingerprint density at radius 1 is 1.53 bits per heavy atom. The van der Waals surface area contributed by atoms with Gasteiger partial charge in [0.25, 0.3) is 0 Å². The summed E-state index contributed by atoms with van der Waals surface area (Å²) in [6.07, 6.45) is 5.52. The zero-order valence-electron chi connectivity index (χ0n) is 9.68. The largest absolute Gasteiger partial charge is 0.318 e. The van der Waals surface area contributed by atoms with E-state index in [1.54, 1.807) is 6.20 Å². The summed E-state index contributed by atoms with van der Waals surface area (Å²) in [6, 6.07) is 3.93. The molecule has 0 aliphatic heterocycles. The fourth-order valence-electron chi connectivity index (χ4n) is 1.56. The summed E-state index contributed by atoms with van der Waals surface area (Å²) in [4.78, 5) is 4.07. The van der Waals surface area contributed by atoms with Crippen molar-refractivity contribution >= 4 is 12.2 Å². The summed E-state index contributed by atoms with van der Waals surface area (Å²) in [5.41, 5.74) is 4.35. The number of aromatic nitrogens is 4. The van der Waals surface area contributed by atoms with Gasteiger partial charge in [-0.2, -0.15) is 5.10 Å². The van der Waals surface area contributed by atoms with Crippen molar-refractivity contribution in [3.05, 3.63) is 40.7 Å². The minimum atomic E-state index is 0.595. The van der Waals surface area contributed by atoms with Gasteiger partial charge in [-0.1, -0.05) is 13.0 Å². The molecule has 0 fully saturated rings. The molecule has 0 aliphatic rings. The quantitative estimate of drug-likeness (QED) is 0.796. The third-order valence-electron chi connectivity index (χ3n) is 2.38. The smallest absolute Gasteiger partial charge is 0.214 e. The van der Waals surface area contributed by atoms with Crippen LogP contribution in [0.4, 0.5) is 0 Å². The number of aromatic amines is 1. The second-order valence-corrected chi connectivity index (χ2v) is 4.11. The highest BCUT2D eigenvalue weighted by Crippen LogP contribution is 2.01. The molecule has 0 radical (unpaired) electrons. The summed E-state index contributed by atoms with van der Waals surface area (Å²) in [7, 11) is 0. The number of hydrogen-bond donors (Lipinski definition) is 2. The van der Waals surface area contributed by atoms with Crippen LogP contribution in [-0.4, -0.2) is 19.9 Å². The number of pyridine rings is 1. The average Bonchev–Trinajstić information content (AvgIpc) is 2.70. The topological polar surface area (TPSA) is 58.5 Å². The Balaban J connectivity index is 2.08. The van der Waals surface area contributed by atoms with Gasteiger partial charge in [-0.05, 0) is 30.3 Å². The van der Waals surface area contributed by atoms with E-state index in [-0.39, 0.29) is 0 Å². The van der Waals surface area contributed by atoms with Gasteiger partial charge in [-0.15, -0.1) is 0 Å². The standard InChI is InChI=1S/C11H15N5S/c1-2-4-10-14-15-11(17)16(10)13-8-9-5-3-6-12-7-9/h3,5-7,13H,2,4,8H2,1H3,(H,15,17). The summed E-state index contributed by atoms with van der Waals surface area (Å²) >= 11 is 5.17. The molecule has 2 aromatic rings. The SMILES string of the molecule is CCCc1n[nH]c(=S)n1NCc1cccnc1.